The molecule has 0 spiro atoms. The summed E-state index contributed by atoms with van der Waals surface area (Å²) in [6, 6.07) is 7.25. The largest absolute Gasteiger partial charge is 0.465 e. The number of carbonyl (C=O) groups excluding carboxylic acids is 1. The van der Waals surface area contributed by atoms with Crippen molar-refractivity contribution in [3.05, 3.63) is 34.9 Å². The van der Waals surface area contributed by atoms with Gasteiger partial charge in [-0.15, -0.1) is 0 Å². The number of hydrogen-bond acceptors (Lipinski definition) is 4. The zero-order valence-corrected chi connectivity index (χ0v) is 12.9. The number of thiocarbonyl (C=S) groups is 1. The summed E-state index contributed by atoms with van der Waals surface area (Å²) in [4.78, 5) is 11.8. The van der Waals surface area contributed by atoms with Crippen LogP contribution in [0.2, 0.25) is 5.02 Å². The van der Waals surface area contributed by atoms with Gasteiger partial charge >= 0.3 is 5.97 Å². The maximum Gasteiger partial charge on any atom is 0.322 e. The molecule has 0 bridgehead atoms. The molecular weight excluding hydrogens is 288 g/mol. The third-order valence-electron chi connectivity index (χ3n) is 2.19. The summed E-state index contributed by atoms with van der Waals surface area (Å²) in [6.07, 6.45) is 0. The number of hydrogen-bond donors (Lipinski definition) is 0. The number of ether oxygens (including phenoxy) is 1. The van der Waals surface area contributed by atoms with E-state index in [0.29, 0.717) is 15.8 Å². The summed E-state index contributed by atoms with van der Waals surface area (Å²) in [5.74, 6) is -0.258. The summed E-state index contributed by atoms with van der Waals surface area (Å²) in [5.41, 5.74) is 0.886. The Bertz CT molecular complexity index is 441. The van der Waals surface area contributed by atoms with E-state index in [1.165, 1.54) is 11.8 Å². The first-order chi connectivity index (χ1) is 8.36. The van der Waals surface area contributed by atoms with E-state index in [1.807, 2.05) is 12.1 Å². The highest BCUT2D eigenvalue weighted by molar-refractivity contribution is 8.24. The lowest BCUT2D eigenvalue weighted by Crippen LogP contribution is -2.31. The zero-order valence-electron chi connectivity index (χ0n) is 10.5. The molecule has 98 valence electrons. The van der Waals surface area contributed by atoms with Crippen LogP contribution in [-0.2, 0) is 9.53 Å². The fourth-order valence-electron chi connectivity index (χ4n) is 1.22. The van der Waals surface area contributed by atoms with E-state index in [0.717, 1.165) is 5.56 Å². The topological polar surface area (TPSA) is 26.3 Å². The Hall–Kier alpha value is -0.580. The molecule has 0 atom stereocenters. The molecule has 18 heavy (non-hydrogen) atoms. The molecule has 0 amide bonds. The second-order valence-corrected chi connectivity index (χ2v) is 6.86. The van der Waals surface area contributed by atoms with Gasteiger partial charge in [-0.2, -0.15) is 0 Å². The van der Waals surface area contributed by atoms with Crippen LogP contribution in [0.1, 0.15) is 26.3 Å². The highest BCUT2D eigenvalue weighted by Gasteiger charge is 2.31. The zero-order chi connectivity index (χ0) is 13.8. The molecule has 0 aliphatic carbocycles. The molecule has 0 saturated heterocycles. The minimum Gasteiger partial charge on any atom is -0.465 e. The number of thioether (sulfide) groups is 1. The molecule has 0 saturated carbocycles. The van der Waals surface area contributed by atoms with Crippen LogP contribution in [0.4, 0.5) is 0 Å². The maximum atomic E-state index is 11.8. The molecular formula is C13H15ClO2S2. The Kier molecular flexibility index (Phi) is 5.63. The third kappa shape index (κ3) is 4.26. The van der Waals surface area contributed by atoms with Gasteiger partial charge in [0.2, 0.25) is 0 Å². The van der Waals surface area contributed by atoms with Gasteiger partial charge in [-0.25, -0.2) is 0 Å². The van der Waals surface area contributed by atoms with E-state index in [-0.39, 0.29) is 5.97 Å². The fraction of sp³-hybridized carbons (Fsp3) is 0.385. The van der Waals surface area contributed by atoms with Crippen LogP contribution in [0.3, 0.4) is 0 Å². The van der Waals surface area contributed by atoms with Crippen molar-refractivity contribution in [2.45, 2.75) is 25.5 Å². The smallest absolute Gasteiger partial charge is 0.322 e. The van der Waals surface area contributed by atoms with Crippen LogP contribution in [0.5, 0.6) is 0 Å². The predicted octanol–water partition coefficient (Wildman–Crippen LogP) is 4.09. The van der Waals surface area contributed by atoms with Crippen LogP contribution in [-0.4, -0.2) is 21.5 Å². The fourth-order valence-corrected chi connectivity index (χ4v) is 2.97. The summed E-state index contributed by atoms with van der Waals surface area (Å²) in [5, 5.41) is 0.663. The second-order valence-electron chi connectivity index (χ2n) is 4.13. The average Bonchev–Trinajstić information content (AvgIpc) is 2.29. The van der Waals surface area contributed by atoms with Gasteiger partial charge in [-0.05, 0) is 38.5 Å². The van der Waals surface area contributed by atoms with Gasteiger partial charge in [-0.3, -0.25) is 4.79 Å². The number of carbonyl (C=O) groups is 1. The van der Waals surface area contributed by atoms with Crippen LogP contribution in [0.15, 0.2) is 24.3 Å². The van der Waals surface area contributed by atoms with Crippen molar-refractivity contribution in [2.75, 3.05) is 6.61 Å². The molecule has 0 unspecified atom stereocenters. The lowest BCUT2D eigenvalue weighted by atomic mass is 10.2. The Balaban J connectivity index is 2.75. The molecule has 5 heteroatoms. The van der Waals surface area contributed by atoms with E-state index in [1.54, 1.807) is 32.9 Å². The standard InChI is InChI=1S/C13H15ClO2S2/c1-4-16-12(15)13(2,3)18-11(17)9-5-7-10(14)8-6-9/h5-8H,4H2,1-3H3. The van der Waals surface area contributed by atoms with Crippen molar-refractivity contribution in [3.63, 3.8) is 0 Å². The van der Waals surface area contributed by atoms with Gasteiger partial charge in [0.1, 0.15) is 4.75 Å². The van der Waals surface area contributed by atoms with Gasteiger partial charge in [-0.1, -0.05) is 47.7 Å². The Labute approximate surface area is 122 Å². The van der Waals surface area contributed by atoms with Crippen molar-refractivity contribution >= 4 is 45.7 Å². The molecule has 0 aliphatic rings. The Morgan fingerprint density at radius 3 is 2.44 bits per heavy atom. The quantitative estimate of drug-likeness (QED) is 0.618. The van der Waals surface area contributed by atoms with Gasteiger partial charge in [0.25, 0.3) is 0 Å². The van der Waals surface area contributed by atoms with Crippen LogP contribution in [0.25, 0.3) is 0 Å². The number of halogens is 1. The van der Waals surface area contributed by atoms with Crippen LogP contribution >= 0.6 is 35.6 Å². The maximum absolute atomic E-state index is 11.8. The lowest BCUT2D eigenvalue weighted by molar-refractivity contribution is -0.145. The molecule has 1 aromatic rings. The molecule has 0 N–H and O–H groups in total. The van der Waals surface area contributed by atoms with Crippen molar-refractivity contribution in [1.29, 1.82) is 0 Å². The normalized spacial score (nSPS) is 11.1. The molecule has 0 radical (unpaired) electrons. The van der Waals surface area contributed by atoms with E-state index in [4.69, 9.17) is 28.6 Å². The van der Waals surface area contributed by atoms with Crippen molar-refractivity contribution in [1.82, 2.24) is 0 Å². The number of rotatable bonds is 4. The Morgan fingerprint density at radius 1 is 1.39 bits per heavy atom. The minimum atomic E-state index is -0.688. The summed E-state index contributed by atoms with van der Waals surface area (Å²) >= 11 is 12.5. The summed E-state index contributed by atoms with van der Waals surface area (Å²) in [7, 11) is 0. The monoisotopic (exact) mass is 302 g/mol. The molecule has 0 fully saturated rings. The van der Waals surface area contributed by atoms with E-state index in [9.17, 15) is 4.79 Å². The van der Waals surface area contributed by atoms with Crippen molar-refractivity contribution < 1.29 is 9.53 Å². The minimum absolute atomic E-state index is 0.258. The lowest BCUT2D eigenvalue weighted by Gasteiger charge is -2.21. The first-order valence-corrected chi connectivity index (χ1v) is 7.13. The van der Waals surface area contributed by atoms with Crippen LogP contribution in [0, 0.1) is 0 Å². The average molecular weight is 303 g/mol. The SMILES string of the molecule is CCOC(=O)C(C)(C)SC(=S)c1ccc(Cl)cc1. The highest BCUT2D eigenvalue weighted by Crippen LogP contribution is 2.30. The molecule has 0 aliphatic heterocycles. The molecule has 1 rings (SSSR count). The van der Waals surface area contributed by atoms with Gasteiger partial charge < -0.3 is 4.74 Å². The summed E-state index contributed by atoms with van der Waals surface area (Å²) in [6.45, 7) is 5.77. The van der Waals surface area contributed by atoms with Crippen molar-refractivity contribution in [3.8, 4) is 0 Å². The predicted molar refractivity (Wildman–Crippen MR) is 81.5 cm³/mol. The second kappa shape index (κ2) is 6.55. The third-order valence-corrected chi connectivity index (χ3v) is 4.03. The molecule has 1 aromatic carbocycles. The highest BCUT2D eigenvalue weighted by atomic mass is 35.5. The van der Waals surface area contributed by atoms with Gasteiger partial charge in [0.15, 0.2) is 0 Å². The molecule has 0 aromatic heterocycles. The first-order valence-electron chi connectivity index (χ1n) is 5.53. The van der Waals surface area contributed by atoms with Gasteiger partial charge in [0, 0.05) is 5.02 Å². The van der Waals surface area contributed by atoms with Gasteiger partial charge in [0.05, 0.1) is 10.8 Å². The van der Waals surface area contributed by atoms with E-state index in [2.05, 4.69) is 0 Å². The Morgan fingerprint density at radius 2 is 1.94 bits per heavy atom. The number of esters is 1. The van der Waals surface area contributed by atoms with Crippen LogP contribution < -0.4 is 0 Å². The van der Waals surface area contributed by atoms with Crippen molar-refractivity contribution in [2.24, 2.45) is 0 Å². The molecule has 0 heterocycles. The molecule has 2 nitrogen and oxygen atoms in total. The number of benzene rings is 1. The van der Waals surface area contributed by atoms with E-state index < -0.39 is 4.75 Å². The first kappa shape index (κ1) is 15.5. The van der Waals surface area contributed by atoms with E-state index >= 15 is 0 Å². The summed E-state index contributed by atoms with van der Waals surface area (Å²) < 4.78 is 4.99.